The Kier molecular flexibility index (Phi) is 18.4. The number of carbonyl (C=O) groups excluding carboxylic acids is 3. The number of piperazine rings is 1. The molecule has 6 heterocycles. The van der Waals surface area contributed by atoms with Gasteiger partial charge in [0.1, 0.15) is 11.6 Å². The minimum Gasteiger partial charge on any atom is -0.469 e. The average molecular weight is 948 g/mol. The number of esters is 3. The highest BCUT2D eigenvalue weighted by atomic mass is 19.1. The van der Waals surface area contributed by atoms with Crippen LogP contribution in [0.15, 0.2) is 79.3 Å². The molecule has 3 aromatic heterocycles. The van der Waals surface area contributed by atoms with Gasteiger partial charge in [0.05, 0.1) is 70.4 Å². The molecule has 0 saturated carbocycles. The van der Waals surface area contributed by atoms with E-state index in [2.05, 4.69) is 58.5 Å². The van der Waals surface area contributed by atoms with Crippen molar-refractivity contribution >= 4 is 50.6 Å². The predicted octanol–water partition coefficient (Wildman–Crippen LogP) is 6.69. The van der Waals surface area contributed by atoms with E-state index in [0.29, 0.717) is 32.6 Å². The molecule has 0 atom stereocenters. The van der Waals surface area contributed by atoms with E-state index in [1.165, 1.54) is 64.8 Å². The number of ether oxygens (including phenoxy) is 4. The summed E-state index contributed by atoms with van der Waals surface area (Å²) in [4.78, 5) is 56.9. The highest BCUT2D eigenvalue weighted by Crippen LogP contribution is 2.26. The van der Waals surface area contributed by atoms with E-state index < -0.39 is 24.0 Å². The van der Waals surface area contributed by atoms with Gasteiger partial charge in [-0.05, 0) is 103 Å². The van der Waals surface area contributed by atoms with Gasteiger partial charge in [0.15, 0.2) is 0 Å². The minimum absolute atomic E-state index is 0.209. The van der Waals surface area contributed by atoms with E-state index in [4.69, 9.17) is 14.2 Å². The molecule has 0 bridgehead atoms. The van der Waals surface area contributed by atoms with Gasteiger partial charge in [0.25, 0.3) is 0 Å². The van der Waals surface area contributed by atoms with Gasteiger partial charge in [-0.2, -0.15) is 0 Å². The van der Waals surface area contributed by atoms with Crippen molar-refractivity contribution in [3.05, 3.63) is 124 Å². The lowest BCUT2D eigenvalue weighted by Gasteiger charge is -2.32. The van der Waals surface area contributed by atoms with E-state index in [-0.39, 0.29) is 28.4 Å². The molecule has 14 nitrogen and oxygen atoms in total. The summed E-state index contributed by atoms with van der Waals surface area (Å²) in [7, 11) is 6.18. The van der Waals surface area contributed by atoms with Crippen molar-refractivity contribution in [1.29, 1.82) is 0 Å². The zero-order valence-corrected chi connectivity index (χ0v) is 40.2. The number of carbonyl (C=O) groups is 3. The summed E-state index contributed by atoms with van der Waals surface area (Å²) >= 11 is 0. The fraction of sp³-hybridized carbons (Fsp3) is 0.434. The Bertz CT molecular complexity index is 2700. The Labute approximate surface area is 402 Å². The molecule has 0 N–H and O–H groups in total. The molecule has 3 fully saturated rings. The number of aromatic nitrogens is 3. The largest absolute Gasteiger partial charge is 0.469 e. The van der Waals surface area contributed by atoms with Crippen LogP contribution in [0.25, 0.3) is 32.7 Å². The average Bonchev–Trinajstić information content (AvgIpc) is 3.37. The molecule has 9 rings (SSSR count). The second-order valence-electron chi connectivity index (χ2n) is 17.9. The number of methoxy groups -OCH3 is 3. The van der Waals surface area contributed by atoms with Gasteiger partial charge in [0.2, 0.25) is 0 Å². The van der Waals surface area contributed by atoms with Crippen molar-refractivity contribution in [2.24, 2.45) is 0 Å². The molecule has 3 aliphatic heterocycles. The van der Waals surface area contributed by atoms with Gasteiger partial charge in [-0.3, -0.25) is 44.0 Å². The lowest BCUT2D eigenvalue weighted by atomic mass is 10.0. The number of likely N-dealkylation sites (N-methyl/N-ethyl adjacent to an activating group) is 1. The quantitative estimate of drug-likeness (QED) is 0.0951. The van der Waals surface area contributed by atoms with Crippen molar-refractivity contribution in [2.45, 2.75) is 58.2 Å². The molecule has 16 heteroatoms. The van der Waals surface area contributed by atoms with Crippen LogP contribution >= 0.6 is 0 Å². The molecule has 0 unspecified atom stereocenters. The van der Waals surface area contributed by atoms with Crippen molar-refractivity contribution in [3.63, 3.8) is 0 Å². The summed E-state index contributed by atoms with van der Waals surface area (Å²) in [5.41, 5.74) is 7.08. The topological polar surface area (TPSA) is 140 Å². The monoisotopic (exact) mass is 947 g/mol. The van der Waals surface area contributed by atoms with E-state index in [0.717, 1.165) is 96.9 Å². The Morgan fingerprint density at radius 1 is 0.536 bits per heavy atom. The van der Waals surface area contributed by atoms with Gasteiger partial charge < -0.3 is 23.8 Å². The molecule has 3 aliphatic rings. The third kappa shape index (κ3) is 14.7. The van der Waals surface area contributed by atoms with Gasteiger partial charge in [0, 0.05) is 105 Å². The maximum Gasteiger partial charge on any atom is 0.310 e. The normalized spacial score (nSPS) is 16.0. The van der Waals surface area contributed by atoms with E-state index >= 15 is 0 Å². The van der Waals surface area contributed by atoms with Crippen LogP contribution in [-0.4, -0.2) is 146 Å². The van der Waals surface area contributed by atoms with E-state index in [9.17, 15) is 23.2 Å². The molecule has 0 radical (unpaired) electrons. The molecule has 3 saturated heterocycles. The van der Waals surface area contributed by atoms with Crippen molar-refractivity contribution in [3.8, 4) is 0 Å². The Morgan fingerprint density at radius 2 is 0.986 bits per heavy atom. The van der Waals surface area contributed by atoms with Gasteiger partial charge in [-0.1, -0.05) is 18.6 Å². The predicted molar refractivity (Wildman–Crippen MR) is 260 cm³/mol. The molecule has 69 heavy (non-hydrogen) atoms. The standard InChI is InChI=1S/C18H23N3O2.C18H22N2O2.C17H18F2N2O3/c1-20-5-7-21(8-6-20)13-15-10-16-9-14(11-18(22)23-2)3-4-17(16)19-12-15;1-22-18(21)11-14-5-6-17-16(9-14)10-15(12-19-17)13-20-7-3-2-4-8-20;1-23-16(22)7-12-14(18)8-15-13(17(12)19)6-11(9-20-15)10-21-2-4-24-5-3-21/h3-4,9-10,12H,5-8,11,13H2,1-2H3;5-6,9-10,12H,2-4,7-8,11,13H2,1H3;6,8-9H,2-5,7,10H2,1H3. The van der Waals surface area contributed by atoms with Crippen molar-refractivity contribution in [1.82, 2.24) is 34.6 Å². The molecular weight excluding hydrogens is 885 g/mol. The first kappa shape index (κ1) is 50.8. The fourth-order valence-corrected chi connectivity index (χ4v) is 8.73. The summed E-state index contributed by atoms with van der Waals surface area (Å²) in [5.74, 6) is -2.67. The molecule has 3 aromatic carbocycles. The maximum atomic E-state index is 14.7. The van der Waals surface area contributed by atoms with Crippen LogP contribution in [0.1, 0.15) is 52.6 Å². The second kappa shape index (κ2) is 25.0. The number of benzene rings is 3. The first-order valence-corrected chi connectivity index (χ1v) is 23.6. The van der Waals surface area contributed by atoms with Crippen LogP contribution in [0.5, 0.6) is 0 Å². The smallest absolute Gasteiger partial charge is 0.310 e. The Balaban J connectivity index is 0.000000153. The fourth-order valence-electron chi connectivity index (χ4n) is 8.73. The summed E-state index contributed by atoms with van der Waals surface area (Å²) < 4.78 is 48.0. The molecule has 0 amide bonds. The molecule has 6 aromatic rings. The lowest BCUT2D eigenvalue weighted by molar-refractivity contribution is -0.140. The van der Waals surface area contributed by atoms with Crippen LogP contribution < -0.4 is 0 Å². The first-order chi connectivity index (χ1) is 33.5. The number of rotatable bonds is 12. The second-order valence-corrected chi connectivity index (χ2v) is 17.9. The van der Waals surface area contributed by atoms with Crippen molar-refractivity contribution in [2.75, 3.05) is 93.9 Å². The van der Waals surface area contributed by atoms with Crippen LogP contribution in [0.2, 0.25) is 0 Å². The molecular formula is C53H63F2N7O7. The molecule has 0 spiro atoms. The van der Waals surface area contributed by atoms with E-state index in [1.807, 2.05) is 48.8 Å². The van der Waals surface area contributed by atoms with Crippen LogP contribution in [0, 0.1) is 11.6 Å². The number of fused-ring (bicyclic) bond motifs is 3. The zero-order valence-electron chi connectivity index (χ0n) is 40.2. The Morgan fingerprint density at radius 3 is 1.51 bits per heavy atom. The maximum absolute atomic E-state index is 14.7. The summed E-state index contributed by atoms with van der Waals surface area (Å²) in [5, 5.41) is 2.38. The third-order valence-electron chi connectivity index (χ3n) is 12.7. The number of piperidine rings is 1. The Hall–Kier alpha value is -6.04. The number of pyridine rings is 3. The lowest BCUT2D eigenvalue weighted by Crippen LogP contribution is -2.43. The number of hydrogen-bond donors (Lipinski definition) is 0. The minimum atomic E-state index is -0.793. The van der Waals surface area contributed by atoms with Gasteiger partial charge in [-0.15, -0.1) is 0 Å². The highest BCUT2D eigenvalue weighted by Gasteiger charge is 2.20. The summed E-state index contributed by atoms with van der Waals surface area (Å²) in [6, 6.07) is 19.1. The number of likely N-dealkylation sites (tertiary alicyclic amines) is 1. The van der Waals surface area contributed by atoms with Crippen LogP contribution in [-0.2, 0) is 72.2 Å². The number of nitrogens with zero attached hydrogens (tertiary/aromatic N) is 7. The van der Waals surface area contributed by atoms with Gasteiger partial charge >= 0.3 is 17.9 Å². The number of morpholine rings is 1. The van der Waals surface area contributed by atoms with E-state index in [1.54, 1.807) is 12.3 Å². The van der Waals surface area contributed by atoms with Crippen LogP contribution in [0.4, 0.5) is 8.78 Å². The summed E-state index contributed by atoms with van der Waals surface area (Å²) in [6.45, 7) is 12.2. The SMILES string of the molecule is COC(=O)Cc1c(F)cc2ncc(CN3CCOCC3)cc2c1F.COC(=O)Cc1ccc2ncc(CN3CCCCC3)cc2c1.COC(=O)Cc1ccc2ncc(CN3CCN(C)CC3)cc2c1. The van der Waals surface area contributed by atoms with Crippen LogP contribution in [0.3, 0.4) is 0 Å². The first-order valence-electron chi connectivity index (χ1n) is 23.6. The number of hydrogen-bond acceptors (Lipinski definition) is 14. The van der Waals surface area contributed by atoms with Gasteiger partial charge in [-0.25, -0.2) is 8.78 Å². The molecule has 0 aliphatic carbocycles. The zero-order chi connectivity index (χ0) is 48.7. The number of halogens is 2. The van der Waals surface area contributed by atoms with Crippen molar-refractivity contribution < 1.29 is 42.1 Å². The third-order valence-corrected chi connectivity index (χ3v) is 12.7. The molecule has 366 valence electrons. The highest BCUT2D eigenvalue weighted by molar-refractivity contribution is 5.84. The summed E-state index contributed by atoms with van der Waals surface area (Å²) in [6.07, 6.45) is 9.65.